The lowest BCUT2D eigenvalue weighted by atomic mass is 10.2. The summed E-state index contributed by atoms with van der Waals surface area (Å²) in [6, 6.07) is 16.2. The largest absolute Gasteiger partial charge is 0.492 e. The number of halogens is 1. The fraction of sp³-hybridized carbons (Fsp3) is 0.120. The van der Waals surface area contributed by atoms with Crippen molar-refractivity contribution in [2.24, 2.45) is 0 Å². The number of nitro groups is 1. The van der Waals surface area contributed by atoms with Gasteiger partial charge in [-0.25, -0.2) is 0 Å². The monoisotopic (exact) mass is 618 g/mol. The summed E-state index contributed by atoms with van der Waals surface area (Å²) in [5.74, 6) is 0.160. The van der Waals surface area contributed by atoms with E-state index in [9.17, 15) is 28.1 Å². The van der Waals surface area contributed by atoms with Crippen LogP contribution in [0.1, 0.15) is 11.1 Å². The number of carbonyl (C=O) groups is 2. The number of nitrogens with zero attached hydrogens (tertiary/aromatic N) is 2. The average molecular weight is 619 g/mol. The van der Waals surface area contributed by atoms with Crippen LogP contribution in [0.5, 0.6) is 11.5 Å². The van der Waals surface area contributed by atoms with Crippen molar-refractivity contribution in [1.29, 1.82) is 0 Å². The van der Waals surface area contributed by atoms with E-state index >= 15 is 0 Å². The summed E-state index contributed by atoms with van der Waals surface area (Å²) < 4.78 is 36.2. The number of benzene rings is 3. The Hall–Kier alpha value is -3.68. The van der Waals surface area contributed by atoms with Crippen molar-refractivity contribution < 1.29 is 31.9 Å². The zero-order valence-electron chi connectivity index (χ0n) is 19.7. The lowest BCUT2D eigenvalue weighted by molar-refractivity contribution is -0.384. The predicted molar refractivity (Wildman–Crippen MR) is 144 cm³/mol. The first kappa shape index (κ1) is 27.4. The van der Waals surface area contributed by atoms with E-state index in [1.54, 1.807) is 0 Å². The molecule has 4 rings (SSSR count). The van der Waals surface area contributed by atoms with E-state index in [4.69, 9.17) is 8.92 Å². The summed E-state index contributed by atoms with van der Waals surface area (Å²) in [7, 11) is -4.26. The molecule has 10 nitrogen and oxygen atoms in total. The Balaban J connectivity index is 1.41. The molecule has 0 radical (unpaired) electrons. The number of thioether (sulfide) groups is 1. The molecule has 1 saturated heterocycles. The Bertz CT molecular complexity index is 1540. The molecule has 1 fully saturated rings. The fourth-order valence-electron chi connectivity index (χ4n) is 3.31. The van der Waals surface area contributed by atoms with Gasteiger partial charge in [0.05, 0.1) is 20.8 Å². The van der Waals surface area contributed by atoms with Gasteiger partial charge in [-0.3, -0.25) is 24.6 Å². The van der Waals surface area contributed by atoms with Gasteiger partial charge in [-0.05, 0) is 82.7 Å². The van der Waals surface area contributed by atoms with Gasteiger partial charge < -0.3 is 8.92 Å². The van der Waals surface area contributed by atoms with Gasteiger partial charge in [-0.2, -0.15) is 8.42 Å². The molecular weight excluding hydrogens is 600 g/mol. The van der Waals surface area contributed by atoms with Crippen LogP contribution >= 0.6 is 27.7 Å². The number of nitro benzene ring substituents is 1. The van der Waals surface area contributed by atoms with Crippen molar-refractivity contribution in [1.82, 2.24) is 4.90 Å². The van der Waals surface area contributed by atoms with E-state index in [1.807, 2.05) is 31.2 Å². The highest BCUT2D eigenvalue weighted by molar-refractivity contribution is 9.10. The molecule has 3 aromatic carbocycles. The molecule has 196 valence electrons. The topological polar surface area (TPSA) is 133 Å². The van der Waals surface area contributed by atoms with Gasteiger partial charge in [-0.15, -0.1) is 0 Å². The summed E-state index contributed by atoms with van der Waals surface area (Å²) in [6.07, 6.45) is 1.52. The van der Waals surface area contributed by atoms with Crippen molar-refractivity contribution in [3.05, 3.63) is 97.3 Å². The lowest BCUT2D eigenvalue weighted by Crippen LogP contribution is -2.32. The highest BCUT2D eigenvalue weighted by atomic mass is 79.9. The first-order valence-electron chi connectivity index (χ1n) is 11.0. The number of imide groups is 1. The van der Waals surface area contributed by atoms with Crippen LogP contribution in [0.4, 0.5) is 10.5 Å². The van der Waals surface area contributed by atoms with Crippen molar-refractivity contribution in [2.45, 2.75) is 11.8 Å². The number of carbonyl (C=O) groups excluding carboxylic acids is 2. The van der Waals surface area contributed by atoms with Crippen LogP contribution in [0, 0.1) is 17.0 Å². The van der Waals surface area contributed by atoms with Gasteiger partial charge in [0.1, 0.15) is 17.3 Å². The number of non-ortho nitro benzene ring substituents is 1. The maximum Gasteiger partial charge on any atom is 0.339 e. The third-order valence-electron chi connectivity index (χ3n) is 5.27. The van der Waals surface area contributed by atoms with Crippen LogP contribution in [-0.4, -0.2) is 42.5 Å². The Morgan fingerprint density at radius 2 is 1.74 bits per heavy atom. The number of hydrogen-bond donors (Lipinski definition) is 0. The van der Waals surface area contributed by atoms with Crippen LogP contribution in [0.2, 0.25) is 0 Å². The van der Waals surface area contributed by atoms with E-state index < -0.39 is 26.2 Å². The second kappa shape index (κ2) is 11.4. The second-order valence-electron chi connectivity index (χ2n) is 7.97. The Labute approximate surface area is 230 Å². The molecular formula is C25H19BrN2O8S2. The molecule has 0 aliphatic carbocycles. The minimum atomic E-state index is -4.26. The summed E-state index contributed by atoms with van der Waals surface area (Å²) >= 11 is 4.06. The molecule has 1 heterocycles. The number of ether oxygens (including phenoxy) is 1. The molecule has 0 N–H and O–H groups in total. The normalized spacial score (nSPS) is 14.7. The minimum absolute atomic E-state index is 0.0261. The van der Waals surface area contributed by atoms with Crippen molar-refractivity contribution >= 4 is 60.7 Å². The molecule has 38 heavy (non-hydrogen) atoms. The Morgan fingerprint density at radius 3 is 2.37 bits per heavy atom. The molecule has 0 bridgehead atoms. The summed E-state index contributed by atoms with van der Waals surface area (Å²) in [6.45, 7) is 2.20. The zero-order chi connectivity index (χ0) is 27.4. The van der Waals surface area contributed by atoms with Gasteiger partial charge >= 0.3 is 10.1 Å². The van der Waals surface area contributed by atoms with Crippen LogP contribution in [-0.2, 0) is 14.9 Å². The molecule has 0 saturated carbocycles. The first-order chi connectivity index (χ1) is 18.0. The predicted octanol–water partition coefficient (Wildman–Crippen LogP) is 5.55. The van der Waals surface area contributed by atoms with Crippen LogP contribution in [0.15, 0.2) is 81.0 Å². The molecule has 3 aromatic rings. The quantitative estimate of drug-likeness (QED) is 0.131. The maximum atomic E-state index is 12.8. The highest BCUT2D eigenvalue weighted by Gasteiger charge is 2.34. The van der Waals surface area contributed by atoms with Crippen LogP contribution < -0.4 is 8.92 Å². The molecule has 1 aliphatic rings. The van der Waals surface area contributed by atoms with Crippen LogP contribution in [0.3, 0.4) is 0 Å². The fourth-order valence-corrected chi connectivity index (χ4v) is 5.71. The second-order valence-corrected chi connectivity index (χ2v) is 11.4. The smallest absolute Gasteiger partial charge is 0.339 e. The number of amides is 2. The van der Waals surface area contributed by atoms with Crippen molar-refractivity contribution in [3.8, 4) is 11.5 Å². The molecule has 0 unspecified atom stereocenters. The van der Waals surface area contributed by atoms with E-state index in [-0.39, 0.29) is 38.9 Å². The van der Waals surface area contributed by atoms with E-state index in [0.717, 1.165) is 46.5 Å². The standard InChI is InChI=1S/C25H19BrN2O8S2/c1-16-2-7-19(8-3-16)35-13-12-27-24(29)23(37-25(27)30)15-17-4-11-22(21(26)14-17)36-38(33,34)20-9-5-18(6-10-20)28(31)32/h2-11,14-15H,12-13H2,1H3/b23-15-. The molecule has 13 heteroatoms. The minimum Gasteiger partial charge on any atom is -0.492 e. The third-order valence-corrected chi connectivity index (χ3v) is 8.04. The van der Waals surface area contributed by atoms with E-state index in [2.05, 4.69) is 15.9 Å². The third kappa shape index (κ3) is 6.41. The maximum absolute atomic E-state index is 12.8. The van der Waals surface area contributed by atoms with E-state index in [1.165, 1.54) is 24.3 Å². The molecule has 0 aromatic heterocycles. The van der Waals surface area contributed by atoms with Gasteiger partial charge in [0, 0.05) is 12.1 Å². The molecule has 2 amide bonds. The summed E-state index contributed by atoms with van der Waals surface area (Å²) in [4.78, 5) is 36.4. The van der Waals surface area contributed by atoms with Gasteiger partial charge in [0.25, 0.3) is 16.8 Å². The number of aryl methyl sites for hydroxylation is 1. The summed E-state index contributed by atoms with van der Waals surface area (Å²) in [5, 5.41) is 10.4. The van der Waals surface area contributed by atoms with Gasteiger partial charge in [-0.1, -0.05) is 23.8 Å². The highest BCUT2D eigenvalue weighted by Crippen LogP contribution is 2.34. The van der Waals surface area contributed by atoms with E-state index in [0.29, 0.717) is 11.3 Å². The average Bonchev–Trinajstić information content (AvgIpc) is 3.14. The van der Waals surface area contributed by atoms with Crippen molar-refractivity contribution in [2.75, 3.05) is 13.2 Å². The van der Waals surface area contributed by atoms with Gasteiger partial charge in [0.2, 0.25) is 0 Å². The molecule has 0 atom stereocenters. The Morgan fingerprint density at radius 1 is 1.05 bits per heavy atom. The number of rotatable bonds is 9. The molecule has 1 aliphatic heterocycles. The van der Waals surface area contributed by atoms with Crippen molar-refractivity contribution in [3.63, 3.8) is 0 Å². The zero-order valence-corrected chi connectivity index (χ0v) is 22.9. The van der Waals surface area contributed by atoms with Gasteiger partial charge in [0.15, 0.2) is 5.75 Å². The SMILES string of the molecule is Cc1ccc(OCCN2C(=O)S/C(=C\c3ccc(OS(=O)(=O)c4ccc([N+](=O)[O-])cc4)c(Br)c3)C2=O)cc1. The molecule has 0 spiro atoms. The first-order valence-corrected chi connectivity index (χ1v) is 14.0. The number of hydrogen-bond acceptors (Lipinski definition) is 9. The summed E-state index contributed by atoms with van der Waals surface area (Å²) in [5.41, 5.74) is 1.36. The Kier molecular flexibility index (Phi) is 8.19. The van der Waals surface area contributed by atoms with Crippen LogP contribution in [0.25, 0.3) is 6.08 Å². The lowest BCUT2D eigenvalue weighted by Gasteiger charge is -2.13.